The molecule has 3 heteroatoms. The Bertz CT molecular complexity index is 553. The average molecular weight is 304 g/mol. The van der Waals surface area contributed by atoms with Crippen LogP contribution in [0.4, 0.5) is 0 Å². The Labute approximate surface area is 132 Å². The smallest absolute Gasteiger partial charge is 0.124 e. The van der Waals surface area contributed by atoms with Gasteiger partial charge in [-0.05, 0) is 50.6 Å². The van der Waals surface area contributed by atoms with E-state index in [0.29, 0.717) is 6.61 Å². The maximum Gasteiger partial charge on any atom is 0.124 e. The summed E-state index contributed by atoms with van der Waals surface area (Å²) in [7, 11) is 0. The van der Waals surface area contributed by atoms with E-state index in [9.17, 15) is 0 Å². The second-order valence-electron chi connectivity index (χ2n) is 5.02. The summed E-state index contributed by atoms with van der Waals surface area (Å²) in [4.78, 5) is 0. The molecule has 0 heterocycles. The van der Waals surface area contributed by atoms with Crippen molar-refractivity contribution in [2.24, 2.45) is 0 Å². The Morgan fingerprint density at radius 1 is 1.10 bits per heavy atom. The van der Waals surface area contributed by atoms with E-state index in [1.54, 1.807) is 0 Å². The molecule has 0 aromatic heterocycles. The Balaban J connectivity index is 1.89. The summed E-state index contributed by atoms with van der Waals surface area (Å²) in [5.41, 5.74) is 2.49. The standard InChI is InChI=1S/C18H22ClNO/c1-3-21-18-7-5-4-6-17(18)14(2)20-13-12-15-8-10-16(19)11-9-15/h4-11,14,20H,3,12-13H2,1-2H3. The Kier molecular flexibility index (Phi) is 6.09. The molecule has 21 heavy (non-hydrogen) atoms. The van der Waals surface area contributed by atoms with Crippen molar-refractivity contribution in [3.63, 3.8) is 0 Å². The molecule has 0 aliphatic heterocycles. The first-order valence-corrected chi connectivity index (χ1v) is 7.78. The van der Waals surface area contributed by atoms with Gasteiger partial charge in [-0.2, -0.15) is 0 Å². The van der Waals surface area contributed by atoms with E-state index in [1.807, 2.05) is 31.2 Å². The van der Waals surface area contributed by atoms with Crippen molar-refractivity contribution < 1.29 is 4.74 Å². The van der Waals surface area contributed by atoms with Gasteiger partial charge in [0.2, 0.25) is 0 Å². The van der Waals surface area contributed by atoms with Crippen LogP contribution >= 0.6 is 11.6 Å². The summed E-state index contributed by atoms with van der Waals surface area (Å²) in [6, 6.07) is 16.5. The van der Waals surface area contributed by atoms with Gasteiger partial charge < -0.3 is 10.1 Å². The van der Waals surface area contributed by atoms with Crippen LogP contribution in [-0.2, 0) is 6.42 Å². The van der Waals surface area contributed by atoms with Crippen LogP contribution in [-0.4, -0.2) is 13.2 Å². The molecule has 0 fully saturated rings. The van der Waals surface area contributed by atoms with Gasteiger partial charge in [0.1, 0.15) is 5.75 Å². The topological polar surface area (TPSA) is 21.3 Å². The van der Waals surface area contributed by atoms with Gasteiger partial charge in [0.05, 0.1) is 6.61 Å². The number of hydrogen-bond acceptors (Lipinski definition) is 2. The fourth-order valence-electron chi connectivity index (χ4n) is 2.32. The summed E-state index contributed by atoms with van der Waals surface area (Å²) in [5, 5.41) is 4.33. The summed E-state index contributed by atoms with van der Waals surface area (Å²) in [6.45, 7) is 5.78. The highest BCUT2D eigenvalue weighted by molar-refractivity contribution is 6.30. The minimum atomic E-state index is 0.264. The lowest BCUT2D eigenvalue weighted by Gasteiger charge is -2.18. The zero-order valence-corrected chi connectivity index (χ0v) is 13.4. The molecule has 1 atom stereocenters. The van der Waals surface area contributed by atoms with Crippen molar-refractivity contribution in [2.45, 2.75) is 26.3 Å². The van der Waals surface area contributed by atoms with Crippen molar-refractivity contribution >= 4 is 11.6 Å². The van der Waals surface area contributed by atoms with E-state index in [2.05, 4.69) is 36.5 Å². The van der Waals surface area contributed by atoms with Crippen molar-refractivity contribution in [3.8, 4) is 5.75 Å². The van der Waals surface area contributed by atoms with Crippen molar-refractivity contribution in [3.05, 3.63) is 64.7 Å². The third-order valence-electron chi connectivity index (χ3n) is 3.46. The van der Waals surface area contributed by atoms with Crippen LogP contribution in [0.1, 0.15) is 31.0 Å². The SMILES string of the molecule is CCOc1ccccc1C(C)NCCc1ccc(Cl)cc1. The monoisotopic (exact) mass is 303 g/mol. The molecule has 0 saturated carbocycles. The molecule has 0 aliphatic rings. The van der Waals surface area contributed by atoms with Crippen molar-refractivity contribution in [2.75, 3.05) is 13.2 Å². The van der Waals surface area contributed by atoms with E-state index in [-0.39, 0.29) is 6.04 Å². The van der Waals surface area contributed by atoms with Crippen LogP contribution in [0, 0.1) is 0 Å². The van der Waals surface area contributed by atoms with Crippen molar-refractivity contribution in [1.82, 2.24) is 5.32 Å². The molecule has 2 nitrogen and oxygen atoms in total. The third-order valence-corrected chi connectivity index (χ3v) is 3.71. The third kappa shape index (κ3) is 4.76. The van der Waals surface area contributed by atoms with Crippen LogP contribution in [0.3, 0.4) is 0 Å². The lowest BCUT2D eigenvalue weighted by Crippen LogP contribution is -2.22. The molecule has 0 amide bonds. The number of para-hydroxylation sites is 1. The van der Waals surface area contributed by atoms with Crippen LogP contribution < -0.4 is 10.1 Å². The average Bonchev–Trinajstić information content (AvgIpc) is 2.50. The highest BCUT2D eigenvalue weighted by atomic mass is 35.5. The molecule has 2 rings (SSSR count). The molecular weight excluding hydrogens is 282 g/mol. The quantitative estimate of drug-likeness (QED) is 0.805. The molecule has 0 aliphatic carbocycles. The van der Waals surface area contributed by atoms with E-state index >= 15 is 0 Å². The Hall–Kier alpha value is -1.51. The van der Waals surface area contributed by atoms with E-state index in [1.165, 1.54) is 11.1 Å². The van der Waals surface area contributed by atoms with E-state index in [0.717, 1.165) is 23.7 Å². The number of hydrogen-bond donors (Lipinski definition) is 1. The van der Waals surface area contributed by atoms with Crippen LogP contribution in [0.5, 0.6) is 5.75 Å². The summed E-state index contributed by atoms with van der Waals surface area (Å²) >= 11 is 5.89. The minimum absolute atomic E-state index is 0.264. The van der Waals surface area contributed by atoms with Crippen LogP contribution in [0.2, 0.25) is 5.02 Å². The van der Waals surface area contributed by atoms with Gasteiger partial charge >= 0.3 is 0 Å². The van der Waals surface area contributed by atoms with Gasteiger partial charge in [-0.3, -0.25) is 0 Å². The lowest BCUT2D eigenvalue weighted by molar-refractivity contribution is 0.332. The fraction of sp³-hybridized carbons (Fsp3) is 0.333. The van der Waals surface area contributed by atoms with Crippen LogP contribution in [0.25, 0.3) is 0 Å². The predicted octanol–water partition coefficient (Wildman–Crippen LogP) is 4.63. The second-order valence-corrected chi connectivity index (χ2v) is 5.46. The fourth-order valence-corrected chi connectivity index (χ4v) is 2.45. The van der Waals surface area contributed by atoms with Gasteiger partial charge in [0.15, 0.2) is 0 Å². The number of rotatable bonds is 7. The van der Waals surface area contributed by atoms with Crippen molar-refractivity contribution in [1.29, 1.82) is 0 Å². The normalized spacial score (nSPS) is 12.1. The Morgan fingerprint density at radius 2 is 1.81 bits per heavy atom. The highest BCUT2D eigenvalue weighted by Crippen LogP contribution is 2.24. The molecule has 1 unspecified atom stereocenters. The van der Waals surface area contributed by atoms with Gasteiger partial charge in [0, 0.05) is 16.6 Å². The molecule has 112 valence electrons. The summed E-state index contributed by atoms with van der Waals surface area (Å²) in [5.74, 6) is 0.964. The number of halogens is 1. The summed E-state index contributed by atoms with van der Waals surface area (Å²) in [6.07, 6.45) is 0.984. The molecule has 0 saturated heterocycles. The second kappa shape index (κ2) is 8.06. The number of ether oxygens (including phenoxy) is 1. The first-order chi connectivity index (χ1) is 10.2. The maximum absolute atomic E-state index is 5.89. The largest absolute Gasteiger partial charge is 0.494 e. The van der Waals surface area contributed by atoms with Crippen LogP contribution in [0.15, 0.2) is 48.5 Å². The zero-order chi connectivity index (χ0) is 15.1. The predicted molar refractivity (Wildman–Crippen MR) is 89.2 cm³/mol. The number of benzene rings is 2. The van der Waals surface area contributed by atoms with E-state index in [4.69, 9.17) is 16.3 Å². The van der Waals surface area contributed by atoms with Gasteiger partial charge in [-0.25, -0.2) is 0 Å². The summed E-state index contributed by atoms with van der Waals surface area (Å²) < 4.78 is 5.68. The zero-order valence-electron chi connectivity index (χ0n) is 12.6. The Morgan fingerprint density at radius 3 is 2.52 bits per heavy atom. The molecule has 2 aromatic rings. The molecular formula is C18H22ClNO. The molecule has 0 radical (unpaired) electrons. The highest BCUT2D eigenvalue weighted by Gasteiger charge is 2.10. The first kappa shape index (κ1) is 15.9. The van der Waals surface area contributed by atoms with Gasteiger partial charge in [0.25, 0.3) is 0 Å². The van der Waals surface area contributed by atoms with Gasteiger partial charge in [-0.15, -0.1) is 0 Å². The minimum Gasteiger partial charge on any atom is -0.494 e. The first-order valence-electron chi connectivity index (χ1n) is 7.40. The molecule has 1 N–H and O–H groups in total. The van der Waals surface area contributed by atoms with E-state index < -0.39 is 0 Å². The molecule has 0 bridgehead atoms. The maximum atomic E-state index is 5.89. The van der Waals surface area contributed by atoms with Gasteiger partial charge in [-0.1, -0.05) is 41.9 Å². The number of nitrogens with one attached hydrogen (secondary N) is 1. The molecule has 0 spiro atoms. The lowest BCUT2D eigenvalue weighted by atomic mass is 10.1. The molecule has 2 aromatic carbocycles.